The molecule has 1 atom stereocenters. The Bertz CT molecular complexity index is 754. The minimum Gasteiger partial charge on any atom is -0.493 e. The summed E-state index contributed by atoms with van der Waals surface area (Å²) in [5.41, 5.74) is 1.02. The highest BCUT2D eigenvalue weighted by Gasteiger charge is 2.32. The molecular formula is C19H25N3O3. The molecule has 1 aliphatic rings. The van der Waals surface area contributed by atoms with Gasteiger partial charge in [0, 0.05) is 25.5 Å². The molecule has 3 rings (SSSR count). The molecule has 1 aromatic carbocycles. The number of carbonyl (C=O) groups excluding carboxylic acids is 1. The van der Waals surface area contributed by atoms with Crippen molar-refractivity contribution in [3.05, 3.63) is 42.0 Å². The van der Waals surface area contributed by atoms with Crippen LogP contribution in [0.25, 0.3) is 0 Å². The Morgan fingerprint density at radius 3 is 2.92 bits per heavy atom. The van der Waals surface area contributed by atoms with Crippen LogP contribution in [-0.2, 0) is 24.8 Å². The highest BCUT2D eigenvalue weighted by molar-refractivity contribution is 5.80. The molecule has 0 radical (unpaired) electrons. The summed E-state index contributed by atoms with van der Waals surface area (Å²) in [5, 5.41) is 0. The molecule has 0 bridgehead atoms. The Hall–Kier alpha value is -2.50. The first-order valence-electron chi connectivity index (χ1n) is 8.56. The van der Waals surface area contributed by atoms with Crippen LogP contribution in [0.3, 0.4) is 0 Å². The van der Waals surface area contributed by atoms with E-state index in [1.807, 2.05) is 54.8 Å². The number of ether oxygens (including phenoxy) is 2. The summed E-state index contributed by atoms with van der Waals surface area (Å²) < 4.78 is 13.2. The topological polar surface area (TPSA) is 56.6 Å². The number of methoxy groups -OCH3 is 1. The van der Waals surface area contributed by atoms with E-state index in [9.17, 15) is 4.79 Å². The minimum absolute atomic E-state index is 0.0934. The van der Waals surface area contributed by atoms with Gasteiger partial charge in [0.1, 0.15) is 12.4 Å². The molecule has 6 heteroatoms. The zero-order valence-electron chi connectivity index (χ0n) is 15.2. The largest absolute Gasteiger partial charge is 0.493 e. The van der Waals surface area contributed by atoms with Gasteiger partial charge in [-0.2, -0.15) is 0 Å². The van der Waals surface area contributed by atoms with Crippen LogP contribution in [0.5, 0.6) is 11.5 Å². The van der Waals surface area contributed by atoms with Gasteiger partial charge in [-0.15, -0.1) is 0 Å². The molecule has 134 valence electrons. The monoisotopic (exact) mass is 343 g/mol. The average molecular weight is 343 g/mol. The van der Waals surface area contributed by atoms with Crippen LogP contribution >= 0.6 is 0 Å². The number of rotatable bonds is 5. The van der Waals surface area contributed by atoms with E-state index in [0.717, 1.165) is 22.9 Å². The lowest BCUT2D eigenvalue weighted by Gasteiger charge is -2.33. The minimum atomic E-state index is -0.192. The fourth-order valence-electron chi connectivity index (χ4n) is 3.16. The first kappa shape index (κ1) is 17.3. The van der Waals surface area contributed by atoms with E-state index < -0.39 is 0 Å². The first-order valence-corrected chi connectivity index (χ1v) is 8.56. The molecule has 1 aliphatic heterocycles. The summed E-state index contributed by atoms with van der Waals surface area (Å²) >= 11 is 0. The van der Waals surface area contributed by atoms with Gasteiger partial charge in [0.15, 0.2) is 11.5 Å². The van der Waals surface area contributed by atoms with Crippen molar-refractivity contribution >= 4 is 5.91 Å². The maximum Gasteiger partial charge on any atom is 0.230 e. The molecule has 0 fully saturated rings. The molecule has 6 nitrogen and oxygen atoms in total. The number of aromatic nitrogens is 2. The van der Waals surface area contributed by atoms with Crippen LogP contribution in [0.1, 0.15) is 25.2 Å². The molecule has 0 N–H and O–H groups in total. The molecule has 2 heterocycles. The molecule has 1 amide bonds. The number of para-hydroxylation sites is 1. The number of carbonyl (C=O) groups is 1. The molecule has 0 saturated heterocycles. The Balaban J connectivity index is 1.78. The molecule has 0 aliphatic carbocycles. The predicted octanol–water partition coefficient (Wildman–Crippen LogP) is 2.42. The third-order valence-electron chi connectivity index (χ3n) is 4.66. The van der Waals surface area contributed by atoms with Gasteiger partial charge >= 0.3 is 0 Å². The Kier molecular flexibility index (Phi) is 4.97. The van der Waals surface area contributed by atoms with Gasteiger partial charge in [0.25, 0.3) is 0 Å². The number of hydrogen-bond acceptors (Lipinski definition) is 4. The van der Waals surface area contributed by atoms with Crippen molar-refractivity contribution in [3.8, 4) is 11.5 Å². The fraction of sp³-hybridized carbons (Fsp3) is 0.474. The van der Waals surface area contributed by atoms with E-state index in [2.05, 4.69) is 4.98 Å². The van der Waals surface area contributed by atoms with E-state index in [1.54, 1.807) is 13.3 Å². The first-order chi connectivity index (χ1) is 12.0. The average Bonchev–Trinajstić information content (AvgIpc) is 3.02. The van der Waals surface area contributed by atoms with E-state index in [0.29, 0.717) is 19.6 Å². The lowest BCUT2D eigenvalue weighted by Crippen LogP contribution is -2.44. The van der Waals surface area contributed by atoms with E-state index in [1.165, 1.54) is 0 Å². The van der Waals surface area contributed by atoms with Crippen LogP contribution < -0.4 is 9.47 Å². The van der Waals surface area contributed by atoms with E-state index in [-0.39, 0.29) is 17.9 Å². The Morgan fingerprint density at radius 2 is 2.28 bits per heavy atom. The van der Waals surface area contributed by atoms with Crippen molar-refractivity contribution in [2.75, 3.05) is 13.7 Å². The fourth-order valence-corrected chi connectivity index (χ4v) is 3.16. The van der Waals surface area contributed by atoms with Gasteiger partial charge < -0.3 is 18.9 Å². The highest BCUT2D eigenvalue weighted by atomic mass is 16.5. The normalized spacial score (nSPS) is 16.3. The number of fused-ring (bicyclic) bond motifs is 1. The van der Waals surface area contributed by atoms with Crippen molar-refractivity contribution in [2.45, 2.75) is 32.9 Å². The number of aryl methyl sites for hydroxylation is 1. The number of hydrogen-bond donors (Lipinski definition) is 0. The van der Waals surface area contributed by atoms with Gasteiger partial charge in [-0.1, -0.05) is 12.1 Å². The molecule has 0 spiro atoms. The van der Waals surface area contributed by atoms with E-state index >= 15 is 0 Å². The summed E-state index contributed by atoms with van der Waals surface area (Å²) in [6, 6.07) is 5.90. The van der Waals surface area contributed by atoms with Crippen molar-refractivity contribution < 1.29 is 14.3 Å². The van der Waals surface area contributed by atoms with Gasteiger partial charge in [-0.25, -0.2) is 4.98 Å². The van der Waals surface area contributed by atoms with Gasteiger partial charge in [-0.3, -0.25) is 4.79 Å². The van der Waals surface area contributed by atoms with Crippen LogP contribution in [0.4, 0.5) is 0 Å². The third-order valence-corrected chi connectivity index (χ3v) is 4.66. The zero-order valence-corrected chi connectivity index (χ0v) is 15.2. The number of nitrogens with zero attached hydrogens (tertiary/aromatic N) is 3. The third kappa shape index (κ3) is 3.48. The second kappa shape index (κ2) is 7.17. The zero-order chi connectivity index (χ0) is 18.0. The van der Waals surface area contributed by atoms with Crippen molar-refractivity contribution in [1.82, 2.24) is 14.5 Å². The molecule has 1 aromatic heterocycles. The second-order valence-electron chi connectivity index (χ2n) is 6.67. The van der Waals surface area contributed by atoms with Crippen molar-refractivity contribution in [2.24, 2.45) is 13.0 Å². The second-order valence-corrected chi connectivity index (χ2v) is 6.67. The summed E-state index contributed by atoms with van der Waals surface area (Å²) in [5.74, 6) is 2.26. The smallest absolute Gasteiger partial charge is 0.230 e. The van der Waals surface area contributed by atoms with Gasteiger partial charge in [0.05, 0.1) is 19.6 Å². The SMILES string of the molecule is COc1cccc2c1OC[C@@H](C(=O)N(Cc1nccn1C)C(C)C)C2. The lowest BCUT2D eigenvalue weighted by molar-refractivity contribution is -0.139. The lowest BCUT2D eigenvalue weighted by atomic mass is 9.94. The summed E-state index contributed by atoms with van der Waals surface area (Å²) in [4.78, 5) is 19.3. The van der Waals surface area contributed by atoms with Crippen LogP contribution in [-0.4, -0.2) is 40.1 Å². The van der Waals surface area contributed by atoms with Gasteiger partial charge in [0.2, 0.25) is 5.91 Å². The van der Waals surface area contributed by atoms with Crippen molar-refractivity contribution in [3.63, 3.8) is 0 Å². The molecule has 0 unspecified atom stereocenters. The van der Waals surface area contributed by atoms with Gasteiger partial charge in [-0.05, 0) is 31.9 Å². The van der Waals surface area contributed by atoms with E-state index in [4.69, 9.17) is 9.47 Å². The summed E-state index contributed by atoms with van der Waals surface area (Å²) in [7, 11) is 3.57. The quantitative estimate of drug-likeness (QED) is 0.837. The maximum absolute atomic E-state index is 13.1. The Morgan fingerprint density at radius 1 is 1.48 bits per heavy atom. The standard InChI is InChI=1S/C19H25N3O3/c1-13(2)22(11-17-20-8-9-21(17)3)19(23)15-10-14-6-5-7-16(24-4)18(14)25-12-15/h5-9,13,15H,10-12H2,1-4H3/t15-/m0/s1. The highest BCUT2D eigenvalue weighted by Crippen LogP contribution is 2.36. The number of amides is 1. The van der Waals surface area contributed by atoms with Crippen molar-refractivity contribution in [1.29, 1.82) is 0 Å². The summed E-state index contributed by atoms with van der Waals surface area (Å²) in [6.07, 6.45) is 4.31. The predicted molar refractivity (Wildman–Crippen MR) is 94.6 cm³/mol. The number of imidazole rings is 1. The molecule has 2 aromatic rings. The van der Waals surface area contributed by atoms with Crippen LogP contribution in [0.2, 0.25) is 0 Å². The maximum atomic E-state index is 13.1. The Labute approximate surface area is 148 Å². The van der Waals surface area contributed by atoms with Crippen LogP contribution in [0.15, 0.2) is 30.6 Å². The molecular weight excluding hydrogens is 318 g/mol. The molecule has 0 saturated carbocycles. The summed E-state index contributed by atoms with van der Waals surface area (Å²) in [6.45, 7) is 4.93. The number of benzene rings is 1. The van der Waals surface area contributed by atoms with Crippen LogP contribution in [0, 0.1) is 5.92 Å². The molecule has 25 heavy (non-hydrogen) atoms.